The second kappa shape index (κ2) is 14.1. The smallest absolute Gasteiger partial charge is 0.433 e. The number of nitrogens with one attached hydrogen (secondary N) is 2. The number of carboxylic acids is 2. The van der Waals surface area contributed by atoms with Crippen molar-refractivity contribution < 1.29 is 33.0 Å². The predicted molar refractivity (Wildman–Crippen MR) is 184 cm³/mol. The summed E-state index contributed by atoms with van der Waals surface area (Å²) in [6, 6.07) is 12.0. The molecular weight excluding hydrogens is 751 g/mol. The average molecular weight is 773 g/mol. The Hall–Kier alpha value is -4.00. The van der Waals surface area contributed by atoms with Crippen LogP contribution in [0.15, 0.2) is 48.5 Å². The normalized spacial score (nSPS) is 11.6. The molecule has 49 heavy (non-hydrogen) atoms. The zero-order valence-corrected chi connectivity index (χ0v) is 28.9. The molecule has 2 aromatic carbocycles. The van der Waals surface area contributed by atoms with E-state index in [1.54, 1.807) is 19.1 Å². The largest absolute Gasteiger partial charge is 0.478 e. The first kappa shape index (κ1) is 36.3. The Kier molecular flexibility index (Phi) is 10.4. The summed E-state index contributed by atoms with van der Waals surface area (Å²) in [6.45, 7) is 3.50. The molecule has 0 atom stereocenters. The molecule has 254 valence electrons. The highest BCUT2D eigenvalue weighted by molar-refractivity contribution is 6.38. The topological polar surface area (TPSA) is 132 Å². The Balaban J connectivity index is 0.000000192. The maximum Gasteiger partial charge on any atom is 0.433 e. The summed E-state index contributed by atoms with van der Waals surface area (Å²) in [5.74, 6) is -2.29. The molecule has 6 rings (SSSR count). The van der Waals surface area contributed by atoms with E-state index in [9.17, 15) is 22.8 Å². The third kappa shape index (κ3) is 7.76. The van der Waals surface area contributed by atoms with E-state index in [0.29, 0.717) is 50.0 Å². The number of carbonyl (C=O) groups is 2. The van der Waals surface area contributed by atoms with Crippen molar-refractivity contribution in [3.8, 4) is 0 Å². The lowest BCUT2D eigenvalue weighted by Crippen LogP contribution is -2.08. The number of carboxylic acid groups (broad SMARTS) is 2. The van der Waals surface area contributed by atoms with Gasteiger partial charge in [-0.3, -0.25) is 0 Å². The summed E-state index contributed by atoms with van der Waals surface area (Å²) in [4.78, 5) is 36.3. The van der Waals surface area contributed by atoms with E-state index in [2.05, 4.69) is 19.9 Å². The van der Waals surface area contributed by atoms with Crippen LogP contribution in [0.5, 0.6) is 0 Å². The number of aromatic nitrogens is 4. The van der Waals surface area contributed by atoms with Crippen molar-refractivity contribution in [1.82, 2.24) is 19.9 Å². The number of aromatic amines is 2. The minimum absolute atomic E-state index is 0.00989. The van der Waals surface area contributed by atoms with Crippen molar-refractivity contribution in [3.05, 3.63) is 124 Å². The monoisotopic (exact) mass is 770 g/mol. The fraction of sp³-hybridized carbons (Fsp3) is 0.152. The van der Waals surface area contributed by atoms with E-state index < -0.39 is 23.8 Å². The van der Waals surface area contributed by atoms with E-state index in [4.69, 9.17) is 68.2 Å². The predicted octanol–water partition coefficient (Wildman–Crippen LogP) is 10.6. The van der Waals surface area contributed by atoms with Crippen LogP contribution >= 0.6 is 58.0 Å². The van der Waals surface area contributed by atoms with Crippen LogP contribution in [0.3, 0.4) is 0 Å². The first-order valence-corrected chi connectivity index (χ1v) is 15.9. The Morgan fingerprint density at radius 3 is 1.55 bits per heavy atom. The fourth-order valence-corrected chi connectivity index (χ4v) is 6.59. The number of halogens is 8. The van der Waals surface area contributed by atoms with Gasteiger partial charge in [-0.1, -0.05) is 58.0 Å². The Labute approximate surface area is 300 Å². The minimum Gasteiger partial charge on any atom is -0.478 e. The van der Waals surface area contributed by atoms with Gasteiger partial charge >= 0.3 is 18.1 Å². The lowest BCUT2D eigenvalue weighted by atomic mass is 10.1. The van der Waals surface area contributed by atoms with Gasteiger partial charge in [0.2, 0.25) is 0 Å². The summed E-state index contributed by atoms with van der Waals surface area (Å²) in [6.07, 6.45) is -4.06. The maximum absolute atomic E-state index is 12.9. The fourth-order valence-electron chi connectivity index (χ4n) is 5.17. The van der Waals surface area contributed by atoms with Gasteiger partial charge in [-0.2, -0.15) is 13.2 Å². The van der Waals surface area contributed by atoms with Gasteiger partial charge < -0.3 is 20.2 Å². The van der Waals surface area contributed by atoms with E-state index in [1.165, 1.54) is 24.3 Å². The second-order valence-corrected chi connectivity index (χ2v) is 12.9. The molecule has 0 spiro atoms. The van der Waals surface area contributed by atoms with E-state index in [0.717, 1.165) is 22.7 Å². The lowest BCUT2D eigenvalue weighted by molar-refractivity contribution is -0.141. The molecule has 4 heterocycles. The van der Waals surface area contributed by atoms with Gasteiger partial charge in [-0.05, 0) is 84.6 Å². The lowest BCUT2D eigenvalue weighted by Gasteiger charge is -2.08. The summed E-state index contributed by atoms with van der Waals surface area (Å²) in [5, 5.41) is 21.0. The molecule has 0 saturated carbocycles. The molecule has 4 N–H and O–H groups in total. The number of hydrogen-bond donors (Lipinski definition) is 4. The zero-order valence-electron chi connectivity index (χ0n) is 25.2. The summed E-state index contributed by atoms with van der Waals surface area (Å²) in [7, 11) is 0. The van der Waals surface area contributed by atoms with Crippen LogP contribution in [-0.4, -0.2) is 42.1 Å². The number of fused-ring (bicyclic) bond motifs is 2. The molecule has 0 radical (unpaired) electrons. The van der Waals surface area contributed by atoms with Crippen molar-refractivity contribution in [2.24, 2.45) is 0 Å². The van der Waals surface area contributed by atoms with Crippen LogP contribution in [0.4, 0.5) is 13.2 Å². The van der Waals surface area contributed by atoms with E-state index in [-0.39, 0.29) is 38.3 Å². The number of nitrogens with zero attached hydrogens (tertiary/aromatic N) is 2. The standard InChI is InChI=1S/C17H11Cl2F3N2O2.C16H11Cl3N2O2/c1-7-4-13(17(20,21)22)24-15-10(7)5-8(23-15)6-11-12(18)3-2-9(14(11)19)16(25)26;1-7-4-13(18)21-15-10(7)5-8(20-15)6-11-12(17)3-2-9(14(11)19)16(22)23/h2-5H,6H2,1H3,(H,23,24)(H,25,26);2-5H,6H2,1H3,(H,20,21)(H,22,23). The number of benzene rings is 2. The number of hydrogen-bond acceptors (Lipinski definition) is 4. The maximum atomic E-state index is 12.9. The summed E-state index contributed by atoms with van der Waals surface area (Å²) < 4.78 is 38.7. The van der Waals surface area contributed by atoms with Crippen molar-refractivity contribution in [1.29, 1.82) is 0 Å². The van der Waals surface area contributed by atoms with Crippen LogP contribution in [-0.2, 0) is 19.0 Å². The van der Waals surface area contributed by atoms with Gasteiger partial charge in [-0.25, -0.2) is 19.6 Å². The number of pyridine rings is 2. The van der Waals surface area contributed by atoms with Crippen LogP contribution in [0.2, 0.25) is 25.2 Å². The molecule has 8 nitrogen and oxygen atoms in total. The number of rotatable bonds is 6. The van der Waals surface area contributed by atoms with Gasteiger partial charge in [-0.15, -0.1) is 0 Å². The number of alkyl halides is 3. The third-order valence-corrected chi connectivity index (χ3v) is 9.32. The molecule has 0 bridgehead atoms. The van der Waals surface area contributed by atoms with E-state index in [1.807, 2.05) is 13.0 Å². The van der Waals surface area contributed by atoms with Gasteiger partial charge in [0, 0.05) is 45.0 Å². The molecule has 0 aliphatic carbocycles. The van der Waals surface area contributed by atoms with Crippen LogP contribution in [0.25, 0.3) is 22.1 Å². The van der Waals surface area contributed by atoms with Crippen molar-refractivity contribution in [2.45, 2.75) is 32.9 Å². The zero-order chi connectivity index (χ0) is 35.9. The Bertz CT molecular complexity index is 2290. The van der Waals surface area contributed by atoms with Gasteiger partial charge in [0.05, 0.1) is 21.2 Å². The van der Waals surface area contributed by atoms with Crippen molar-refractivity contribution >= 4 is 92.0 Å². The highest BCUT2D eigenvalue weighted by Gasteiger charge is 2.33. The molecule has 4 aromatic heterocycles. The molecule has 0 aliphatic heterocycles. The third-order valence-electron chi connectivity index (χ3n) is 7.55. The van der Waals surface area contributed by atoms with Crippen molar-refractivity contribution in [2.75, 3.05) is 0 Å². The van der Waals surface area contributed by atoms with Crippen LogP contribution < -0.4 is 0 Å². The average Bonchev–Trinajstić information content (AvgIpc) is 3.61. The quantitative estimate of drug-likeness (QED) is 0.125. The molecule has 0 amide bonds. The number of H-pyrrole nitrogens is 2. The van der Waals surface area contributed by atoms with Gasteiger partial charge in [0.1, 0.15) is 22.1 Å². The van der Waals surface area contributed by atoms with Gasteiger partial charge in [0.15, 0.2) is 0 Å². The molecule has 0 fully saturated rings. The highest BCUT2D eigenvalue weighted by atomic mass is 35.5. The minimum atomic E-state index is -4.55. The van der Waals surface area contributed by atoms with Crippen LogP contribution in [0.1, 0.15) is 60.1 Å². The Morgan fingerprint density at radius 2 is 1.12 bits per heavy atom. The summed E-state index contributed by atoms with van der Waals surface area (Å²) >= 11 is 30.6. The molecular formula is C33H22Cl5F3N4O4. The molecule has 0 aliphatic rings. The second-order valence-electron chi connectivity index (χ2n) is 10.9. The highest BCUT2D eigenvalue weighted by Crippen LogP contribution is 2.34. The summed E-state index contributed by atoms with van der Waals surface area (Å²) in [5.41, 5.74) is 3.39. The first-order chi connectivity index (χ1) is 22.9. The molecule has 0 saturated heterocycles. The van der Waals surface area contributed by atoms with Gasteiger partial charge in [0.25, 0.3) is 0 Å². The SMILES string of the molecule is Cc1cc(C(F)(F)F)nc2[nH]c(Cc3c(Cl)ccc(C(=O)O)c3Cl)cc12.Cc1cc(Cl)nc2[nH]c(Cc3c(Cl)ccc(C(=O)O)c3Cl)cc12. The van der Waals surface area contributed by atoms with E-state index >= 15 is 0 Å². The molecule has 0 unspecified atom stereocenters. The molecule has 6 aromatic rings. The van der Waals surface area contributed by atoms with Crippen LogP contribution in [0, 0.1) is 13.8 Å². The Morgan fingerprint density at radius 1 is 0.694 bits per heavy atom. The number of aryl methyl sites for hydroxylation is 2. The first-order valence-electron chi connectivity index (χ1n) is 14.1. The van der Waals surface area contributed by atoms with Crippen molar-refractivity contribution in [3.63, 3.8) is 0 Å². The molecule has 16 heteroatoms. The number of aromatic carboxylic acids is 2.